The number of carbonyl (C=O) groups excluding carboxylic acids is 2. The standard InChI is InChI=1S/C28H35F3N8O3/c1-28(2,3)42-27(41)38-12-11-20(19(31)14-38)34-25-33-13-21-24(37-25)39(16-9-7-15(8-10-16)23(32)40)26(35-21)36-22-17(29)5-4-6-18(22)30/h4-6,13,15-16,19-20H,7-12,14H2,1-3H3,(H2,32,40)(H,35,36)(H,33,34,37)/t15?,16?,19-,20-/m0/s1. The molecule has 1 saturated carbocycles. The molecule has 1 aliphatic heterocycles. The zero-order chi connectivity index (χ0) is 30.2. The highest BCUT2D eigenvalue weighted by Gasteiger charge is 2.35. The molecular formula is C28H35F3N8O3. The number of alkyl halides is 1. The van der Waals surface area contributed by atoms with Crippen LogP contribution in [0.3, 0.4) is 0 Å². The molecule has 11 nitrogen and oxygen atoms in total. The van der Waals surface area contributed by atoms with Gasteiger partial charge in [0.1, 0.15) is 34.6 Å². The molecule has 3 heterocycles. The number of nitrogens with two attached hydrogens (primary N) is 1. The summed E-state index contributed by atoms with van der Waals surface area (Å²) in [5, 5.41) is 5.82. The topological polar surface area (TPSA) is 140 Å². The maximum absolute atomic E-state index is 15.2. The summed E-state index contributed by atoms with van der Waals surface area (Å²) in [5.41, 5.74) is 5.23. The lowest BCUT2D eigenvalue weighted by molar-refractivity contribution is -0.122. The first kappa shape index (κ1) is 29.4. The summed E-state index contributed by atoms with van der Waals surface area (Å²) in [4.78, 5) is 38.9. The van der Waals surface area contributed by atoms with Crippen LogP contribution in [0.1, 0.15) is 58.9 Å². The van der Waals surface area contributed by atoms with Crippen LogP contribution in [0.4, 0.5) is 35.5 Å². The van der Waals surface area contributed by atoms with Gasteiger partial charge in [-0.3, -0.25) is 9.36 Å². The highest BCUT2D eigenvalue weighted by Crippen LogP contribution is 2.37. The third kappa shape index (κ3) is 6.36. The minimum absolute atomic E-state index is 0.141. The van der Waals surface area contributed by atoms with Crippen LogP contribution in [0, 0.1) is 17.6 Å². The van der Waals surface area contributed by atoms with Crippen LogP contribution in [0.25, 0.3) is 11.2 Å². The van der Waals surface area contributed by atoms with Gasteiger partial charge in [-0.2, -0.15) is 4.98 Å². The average Bonchev–Trinajstić information content (AvgIpc) is 3.28. The molecule has 0 unspecified atom stereocenters. The number of benzene rings is 1. The number of primary amides is 1. The van der Waals surface area contributed by atoms with Crippen molar-refractivity contribution in [2.45, 2.75) is 76.7 Å². The van der Waals surface area contributed by atoms with Crippen LogP contribution in [0.15, 0.2) is 24.4 Å². The predicted molar refractivity (Wildman–Crippen MR) is 150 cm³/mol. The summed E-state index contributed by atoms with van der Waals surface area (Å²) in [7, 11) is 0. The van der Waals surface area contributed by atoms with Gasteiger partial charge in [-0.15, -0.1) is 0 Å². The van der Waals surface area contributed by atoms with Crippen LogP contribution >= 0.6 is 0 Å². The molecule has 1 saturated heterocycles. The Balaban J connectivity index is 1.40. The zero-order valence-corrected chi connectivity index (χ0v) is 23.7. The lowest BCUT2D eigenvalue weighted by Gasteiger charge is -2.35. The summed E-state index contributed by atoms with van der Waals surface area (Å²) < 4.78 is 51.4. The van der Waals surface area contributed by atoms with E-state index in [0.29, 0.717) is 49.8 Å². The van der Waals surface area contributed by atoms with Crippen LogP contribution in [-0.2, 0) is 9.53 Å². The third-order valence-electron chi connectivity index (χ3n) is 7.60. The van der Waals surface area contributed by atoms with E-state index in [4.69, 9.17) is 10.5 Å². The van der Waals surface area contributed by atoms with Crippen molar-refractivity contribution in [1.82, 2.24) is 24.4 Å². The maximum atomic E-state index is 15.2. The Bertz CT molecular complexity index is 1450. The molecule has 0 spiro atoms. The number of para-hydroxylation sites is 1. The van der Waals surface area contributed by atoms with E-state index in [2.05, 4.69) is 25.6 Å². The molecule has 5 rings (SSSR count). The number of nitrogens with one attached hydrogen (secondary N) is 2. The predicted octanol–water partition coefficient (Wildman–Crippen LogP) is 4.82. The van der Waals surface area contributed by atoms with Crippen LogP contribution in [0.2, 0.25) is 0 Å². The highest BCUT2D eigenvalue weighted by molar-refractivity contribution is 5.78. The molecule has 1 aliphatic carbocycles. The van der Waals surface area contributed by atoms with E-state index in [-0.39, 0.29) is 42.0 Å². The van der Waals surface area contributed by atoms with Crippen molar-refractivity contribution in [1.29, 1.82) is 0 Å². The molecule has 0 radical (unpaired) electrons. The summed E-state index contributed by atoms with van der Waals surface area (Å²) >= 11 is 0. The van der Waals surface area contributed by atoms with Gasteiger partial charge in [0.25, 0.3) is 0 Å². The summed E-state index contributed by atoms with van der Waals surface area (Å²) in [6.07, 6.45) is 2.01. The van der Waals surface area contributed by atoms with Gasteiger partial charge < -0.3 is 26.0 Å². The first-order chi connectivity index (χ1) is 19.9. The van der Waals surface area contributed by atoms with Gasteiger partial charge in [0.2, 0.25) is 17.8 Å². The second kappa shape index (κ2) is 11.6. The molecule has 2 aliphatic rings. The average molecular weight is 589 g/mol. The lowest BCUT2D eigenvalue weighted by atomic mass is 9.85. The van der Waals surface area contributed by atoms with Crippen molar-refractivity contribution in [2.75, 3.05) is 23.7 Å². The van der Waals surface area contributed by atoms with Crippen LogP contribution < -0.4 is 16.4 Å². The number of carbonyl (C=O) groups is 2. The van der Waals surface area contributed by atoms with Gasteiger partial charge >= 0.3 is 6.09 Å². The number of rotatable bonds is 6. The summed E-state index contributed by atoms with van der Waals surface area (Å²) in [5.74, 6) is -1.87. The minimum atomic E-state index is -1.40. The molecule has 14 heteroatoms. The lowest BCUT2D eigenvalue weighted by Crippen LogP contribution is -2.51. The molecule has 4 N–H and O–H groups in total. The molecule has 3 aromatic rings. The Morgan fingerprint density at radius 1 is 1.07 bits per heavy atom. The number of anilines is 3. The zero-order valence-electron chi connectivity index (χ0n) is 23.7. The first-order valence-electron chi connectivity index (χ1n) is 14.0. The van der Waals surface area contributed by atoms with Gasteiger partial charge in [0, 0.05) is 18.5 Å². The fourth-order valence-electron chi connectivity index (χ4n) is 5.47. The number of hydrogen-bond donors (Lipinski definition) is 3. The van der Waals surface area contributed by atoms with E-state index in [1.807, 2.05) is 0 Å². The Morgan fingerprint density at radius 3 is 2.38 bits per heavy atom. The number of halogens is 3. The van der Waals surface area contributed by atoms with Crippen LogP contribution in [-0.4, -0.2) is 67.3 Å². The SMILES string of the molecule is CC(C)(C)OC(=O)N1CC[C@H](Nc2ncc3nc(Nc4c(F)cccc4F)n(C4CCC(C(N)=O)CC4)c3n2)[C@@H](F)C1. The number of ether oxygens (including phenoxy) is 1. The monoisotopic (exact) mass is 588 g/mol. The minimum Gasteiger partial charge on any atom is -0.444 e. The Hall–Kier alpha value is -4.10. The number of fused-ring (bicyclic) bond motifs is 1. The van der Waals surface area contributed by atoms with Crippen molar-refractivity contribution in [3.05, 3.63) is 36.0 Å². The van der Waals surface area contributed by atoms with Crippen molar-refractivity contribution in [3.63, 3.8) is 0 Å². The van der Waals surface area contributed by atoms with Crippen LogP contribution in [0.5, 0.6) is 0 Å². The Kier molecular flexibility index (Phi) is 8.15. The molecule has 1 aromatic carbocycles. The Labute approximate surface area is 241 Å². The second-order valence-electron chi connectivity index (χ2n) is 11.8. The van der Waals surface area contributed by atoms with Crippen molar-refractivity contribution >= 4 is 40.7 Å². The molecular weight excluding hydrogens is 553 g/mol. The van der Waals surface area contributed by atoms with E-state index in [1.54, 1.807) is 25.3 Å². The quantitative estimate of drug-likeness (QED) is 0.372. The summed E-state index contributed by atoms with van der Waals surface area (Å²) in [6, 6.07) is 2.69. The van der Waals surface area contributed by atoms with Gasteiger partial charge in [-0.05, 0) is 65.0 Å². The fraction of sp³-hybridized carbons (Fsp3) is 0.536. The summed E-state index contributed by atoms with van der Waals surface area (Å²) in [6.45, 7) is 5.40. The third-order valence-corrected chi connectivity index (χ3v) is 7.60. The molecule has 2 aromatic heterocycles. The van der Waals surface area contributed by atoms with Crippen molar-refractivity contribution in [3.8, 4) is 0 Å². The van der Waals surface area contributed by atoms with Gasteiger partial charge in [-0.1, -0.05) is 6.07 Å². The number of aromatic nitrogens is 4. The van der Waals surface area contributed by atoms with E-state index in [0.717, 1.165) is 12.1 Å². The molecule has 42 heavy (non-hydrogen) atoms. The molecule has 226 valence electrons. The van der Waals surface area contributed by atoms with E-state index < -0.39 is 35.5 Å². The van der Waals surface area contributed by atoms with Gasteiger partial charge in [0.15, 0.2) is 5.65 Å². The number of amides is 2. The number of hydrogen-bond acceptors (Lipinski definition) is 8. The normalized spacial score (nSPS) is 23.0. The molecule has 0 bridgehead atoms. The second-order valence-corrected chi connectivity index (χ2v) is 11.8. The fourth-order valence-corrected chi connectivity index (χ4v) is 5.47. The largest absolute Gasteiger partial charge is 0.444 e. The number of likely N-dealkylation sites (tertiary alicyclic amines) is 1. The number of imidazole rings is 1. The van der Waals surface area contributed by atoms with Gasteiger partial charge in [0.05, 0.1) is 18.8 Å². The highest BCUT2D eigenvalue weighted by atomic mass is 19.1. The van der Waals surface area contributed by atoms with Crippen molar-refractivity contribution < 1.29 is 27.5 Å². The van der Waals surface area contributed by atoms with E-state index >= 15 is 4.39 Å². The van der Waals surface area contributed by atoms with E-state index in [9.17, 15) is 18.4 Å². The smallest absolute Gasteiger partial charge is 0.410 e. The van der Waals surface area contributed by atoms with Gasteiger partial charge in [-0.25, -0.2) is 27.9 Å². The number of piperidine rings is 1. The molecule has 2 fully saturated rings. The van der Waals surface area contributed by atoms with E-state index in [1.165, 1.54) is 17.2 Å². The molecule has 2 amide bonds. The maximum Gasteiger partial charge on any atom is 0.410 e. The van der Waals surface area contributed by atoms with Crippen molar-refractivity contribution in [2.24, 2.45) is 11.7 Å². The molecule has 2 atom stereocenters. The first-order valence-corrected chi connectivity index (χ1v) is 14.0. The number of nitrogens with zero attached hydrogens (tertiary/aromatic N) is 5. The Morgan fingerprint density at radius 2 is 1.76 bits per heavy atom.